The van der Waals surface area contributed by atoms with E-state index in [0.717, 1.165) is 11.3 Å². The minimum atomic E-state index is -2.73. The standard InChI is InChI=1S/C12H13F2NO3S/c1-6(16)9-8(11(17)18)15-10(19-9)7-3-2-4-12(13,14)5-7/h7H,2-5H2,1H3,(H,17,18). The van der Waals surface area contributed by atoms with Crippen LogP contribution in [0.4, 0.5) is 8.78 Å². The van der Waals surface area contributed by atoms with Crippen molar-refractivity contribution >= 4 is 23.1 Å². The molecule has 1 atom stereocenters. The highest BCUT2D eigenvalue weighted by Crippen LogP contribution is 2.43. The molecule has 1 fully saturated rings. The van der Waals surface area contributed by atoms with Crippen molar-refractivity contribution in [2.24, 2.45) is 0 Å². The van der Waals surface area contributed by atoms with E-state index in [-0.39, 0.29) is 23.4 Å². The molecule has 1 aromatic heterocycles. The van der Waals surface area contributed by atoms with Gasteiger partial charge in [-0.3, -0.25) is 4.79 Å². The van der Waals surface area contributed by atoms with Gasteiger partial charge in [-0.15, -0.1) is 11.3 Å². The summed E-state index contributed by atoms with van der Waals surface area (Å²) in [6, 6.07) is 0. The van der Waals surface area contributed by atoms with Gasteiger partial charge in [0.15, 0.2) is 11.5 Å². The van der Waals surface area contributed by atoms with Crippen molar-refractivity contribution in [1.82, 2.24) is 4.98 Å². The molecule has 19 heavy (non-hydrogen) atoms. The van der Waals surface area contributed by atoms with Gasteiger partial charge in [-0.25, -0.2) is 18.6 Å². The molecule has 0 radical (unpaired) electrons. The summed E-state index contributed by atoms with van der Waals surface area (Å²) in [7, 11) is 0. The van der Waals surface area contributed by atoms with Crippen LogP contribution in [0.25, 0.3) is 0 Å². The maximum atomic E-state index is 13.4. The zero-order valence-corrected chi connectivity index (χ0v) is 11.1. The Labute approximate surface area is 112 Å². The van der Waals surface area contributed by atoms with Crippen LogP contribution in [0.15, 0.2) is 0 Å². The Bertz CT molecular complexity index is 496. The van der Waals surface area contributed by atoms with E-state index >= 15 is 0 Å². The van der Waals surface area contributed by atoms with Crippen LogP contribution in [0.5, 0.6) is 0 Å². The maximum Gasteiger partial charge on any atom is 0.356 e. The van der Waals surface area contributed by atoms with Crippen LogP contribution < -0.4 is 0 Å². The summed E-state index contributed by atoms with van der Waals surface area (Å²) in [6.07, 6.45) is 0.478. The van der Waals surface area contributed by atoms with Gasteiger partial charge in [0, 0.05) is 25.7 Å². The van der Waals surface area contributed by atoms with Crippen molar-refractivity contribution in [3.63, 3.8) is 0 Å². The zero-order valence-electron chi connectivity index (χ0n) is 10.3. The number of carbonyl (C=O) groups excluding carboxylic acids is 1. The summed E-state index contributed by atoms with van der Waals surface area (Å²) in [5, 5.41) is 9.31. The number of thiazole rings is 1. The number of ketones is 1. The van der Waals surface area contributed by atoms with Crippen molar-refractivity contribution in [2.75, 3.05) is 0 Å². The van der Waals surface area contributed by atoms with Gasteiger partial charge in [0.2, 0.25) is 5.92 Å². The van der Waals surface area contributed by atoms with E-state index < -0.39 is 23.6 Å². The van der Waals surface area contributed by atoms with Crippen molar-refractivity contribution in [3.05, 3.63) is 15.6 Å². The molecular formula is C12H13F2NO3S. The summed E-state index contributed by atoms with van der Waals surface area (Å²) < 4.78 is 26.7. The van der Waals surface area contributed by atoms with Gasteiger partial charge < -0.3 is 5.11 Å². The number of carboxylic acids is 1. The van der Waals surface area contributed by atoms with Gasteiger partial charge in [0.05, 0.1) is 5.01 Å². The fourth-order valence-electron chi connectivity index (χ4n) is 2.28. The molecule has 0 saturated heterocycles. The van der Waals surface area contributed by atoms with E-state index in [2.05, 4.69) is 4.98 Å². The van der Waals surface area contributed by atoms with E-state index in [4.69, 9.17) is 5.11 Å². The topological polar surface area (TPSA) is 67.3 Å². The number of nitrogens with zero attached hydrogens (tertiary/aromatic N) is 1. The first-order valence-electron chi connectivity index (χ1n) is 5.93. The highest BCUT2D eigenvalue weighted by Gasteiger charge is 2.38. The third kappa shape index (κ3) is 2.97. The summed E-state index contributed by atoms with van der Waals surface area (Å²) in [6.45, 7) is 1.25. The number of hydrogen-bond acceptors (Lipinski definition) is 4. The molecule has 4 nitrogen and oxygen atoms in total. The Balaban J connectivity index is 2.33. The molecule has 0 aromatic carbocycles. The van der Waals surface area contributed by atoms with Crippen molar-refractivity contribution in [2.45, 2.75) is 44.4 Å². The number of aromatic carboxylic acids is 1. The van der Waals surface area contributed by atoms with Crippen LogP contribution >= 0.6 is 11.3 Å². The molecule has 104 valence electrons. The van der Waals surface area contributed by atoms with Gasteiger partial charge >= 0.3 is 5.97 Å². The first-order valence-corrected chi connectivity index (χ1v) is 6.74. The predicted octanol–water partition coefficient (Wildman–Crippen LogP) is 3.34. The molecule has 2 rings (SSSR count). The van der Waals surface area contributed by atoms with Crippen LogP contribution in [-0.2, 0) is 0 Å². The van der Waals surface area contributed by atoms with Crippen LogP contribution in [0.2, 0.25) is 0 Å². The number of alkyl halides is 2. The molecule has 1 saturated carbocycles. The lowest BCUT2D eigenvalue weighted by Gasteiger charge is -2.27. The Hall–Kier alpha value is -1.37. The second kappa shape index (κ2) is 4.96. The lowest BCUT2D eigenvalue weighted by molar-refractivity contribution is -0.0408. The van der Waals surface area contributed by atoms with Gasteiger partial charge in [-0.2, -0.15) is 0 Å². The molecular weight excluding hydrogens is 276 g/mol. The Morgan fingerprint density at radius 1 is 1.47 bits per heavy atom. The summed E-state index contributed by atoms with van der Waals surface area (Å²) in [4.78, 5) is 26.3. The number of halogens is 2. The van der Waals surface area contributed by atoms with Crippen LogP contribution in [0.1, 0.15) is 63.7 Å². The summed E-state index contributed by atoms with van der Waals surface area (Å²) in [5.41, 5.74) is -0.318. The van der Waals surface area contributed by atoms with Crippen molar-refractivity contribution in [1.29, 1.82) is 0 Å². The van der Waals surface area contributed by atoms with Crippen LogP contribution in [0.3, 0.4) is 0 Å². The molecule has 0 amide bonds. The smallest absolute Gasteiger partial charge is 0.356 e. The zero-order chi connectivity index (χ0) is 14.2. The van der Waals surface area contributed by atoms with Gasteiger partial charge in [0.25, 0.3) is 0 Å². The van der Waals surface area contributed by atoms with Crippen molar-refractivity contribution < 1.29 is 23.5 Å². The molecule has 0 bridgehead atoms. The fourth-order valence-corrected chi connectivity index (χ4v) is 3.36. The highest BCUT2D eigenvalue weighted by atomic mass is 32.1. The molecule has 0 aliphatic heterocycles. The Morgan fingerprint density at radius 2 is 2.16 bits per heavy atom. The maximum absolute atomic E-state index is 13.4. The second-order valence-corrected chi connectivity index (χ2v) is 5.77. The van der Waals surface area contributed by atoms with Gasteiger partial charge in [-0.05, 0) is 12.8 Å². The number of aromatic nitrogens is 1. The number of Topliss-reactive ketones (excluding diaryl/α,β-unsaturated/α-hetero) is 1. The molecule has 1 aliphatic carbocycles. The van der Waals surface area contributed by atoms with Gasteiger partial charge in [-0.1, -0.05) is 0 Å². The van der Waals surface area contributed by atoms with Gasteiger partial charge in [0.1, 0.15) is 4.88 Å². The lowest BCUT2D eigenvalue weighted by Crippen LogP contribution is -2.24. The molecule has 1 N–H and O–H groups in total. The fraction of sp³-hybridized carbons (Fsp3) is 0.583. The normalized spacial score (nSPS) is 22.2. The summed E-state index contributed by atoms with van der Waals surface area (Å²) in [5.74, 6) is -4.88. The lowest BCUT2D eigenvalue weighted by atomic mass is 9.87. The minimum Gasteiger partial charge on any atom is -0.476 e. The van der Waals surface area contributed by atoms with Crippen LogP contribution in [-0.4, -0.2) is 27.8 Å². The monoisotopic (exact) mass is 289 g/mol. The van der Waals surface area contributed by atoms with Crippen molar-refractivity contribution in [3.8, 4) is 0 Å². The van der Waals surface area contributed by atoms with E-state index in [1.54, 1.807) is 0 Å². The number of carboxylic acid groups (broad SMARTS) is 1. The number of rotatable bonds is 3. The molecule has 0 spiro atoms. The number of carbonyl (C=O) groups is 2. The molecule has 1 aliphatic rings. The van der Waals surface area contributed by atoms with Crippen LogP contribution in [0, 0.1) is 0 Å². The SMILES string of the molecule is CC(=O)c1sc(C2CCCC(F)(F)C2)nc1C(=O)O. The minimum absolute atomic E-state index is 0.0383. The largest absolute Gasteiger partial charge is 0.476 e. The van der Waals surface area contributed by atoms with E-state index in [1.165, 1.54) is 6.92 Å². The predicted molar refractivity (Wildman–Crippen MR) is 65.2 cm³/mol. The molecule has 1 aromatic rings. The Kier molecular flexibility index (Phi) is 3.66. The van der Waals surface area contributed by atoms with E-state index in [1.807, 2.05) is 0 Å². The average Bonchev–Trinajstić information content (AvgIpc) is 2.72. The molecule has 1 heterocycles. The first kappa shape index (κ1) is 14.0. The molecule has 1 unspecified atom stereocenters. The average molecular weight is 289 g/mol. The third-order valence-corrected chi connectivity index (χ3v) is 4.47. The second-order valence-electron chi connectivity index (χ2n) is 4.74. The number of hydrogen-bond donors (Lipinski definition) is 1. The summed E-state index contributed by atoms with van der Waals surface area (Å²) >= 11 is 0.928. The Morgan fingerprint density at radius 3 is 2.63 bits per heavy atom. The molecule has 7 heteroatoms. The van der Waals surface area contributed by atoms with E-state index in [9.17, 15) is 18.4 Å². The third-order valence-electron chi connectivity index (χ3n) is 3.16. The van der Waals surface area contributed by atoms with E-state index in [0.29, 0.717) is 17.8 Å². The highest BCUT2D eigenvalue weighted by molar-refractivity contribution is 7.14. The quantitative estimate of drug-likeness (QED) is 0.867. The first-order chi connectivity index (χ1) is 8.80.